The molecule has 0 fully saturated rings. The van der Waals surface area contributed by atoms with Crippen molar-refractivity contribution in [3.63, 3.8) is 0 Å². The van der Waals surface area contributed by atoms with E-state index >= 15 is 0 Å². The molecule has 0 unspecified atom stereocenters. The molecule has 0 aliphatic heterocycles. The number of halogens is 1. The van der Waals surface area contributed by atoms with Gasteiger partial charge in [0.25, 0.3) is 0 Å². The second kappa shape index (κ2) is 10.3. The quantitative estimate of drug-likeness (QED) is 0.356. The van der Waals surface area contributed by atoms with Crippen molar-refractivity contribution in [1.82, 2.24) is 14.8 Å². The number of amides is 1. The Morgan fingerprint density at radius 3 is 2.79 bits per heavy atom. The Kier molecular flexibility index (Phi) is 7.48. The van der Waals surface area contributed by atoms with E-state index in [1.165, 1.54) is 11.8 Å². The molecule has 0 spiro atoms. The monoisotopic (exact) mass is 472 g/mol. The highest BCUT2D eigenvalue weighted by Gasteiger charge is 2.14. The molecule has 150 valence electrons. The zero-order chi connectivity index (χ0) is 20.6. The van der Waals surface area contributed by atoms with Crippen molar-refractivity contribution in [3.05, 3.63) is 77.0 Å². The summed E-state index contributed by atoms with van der Waals surface area (Å²) in [6.45, 7) is 6.60. The maximum Gasteiger partial charge on any atom is 0.234 e. The van der Waals surface area contributed by atoms with Crippen LogP contribution >= 0.6 is 27.7 Å². The number of ether oxygens (including phenoxy) is 1. The Morgan fingerprint density at radius 1 is 1.28 bits per heavy atom. The number of hydrogen-bond acceptors (Lipinski definition) is 5. The van der Waals surface area contributed by atoms with Gasteiger partial charge in [-0.15, -0.1) is 16.8 Å². The first-order chi connectivity index (χ1) is 14.1. The first-order valence-corrected chi connectivity index (χ1v) is 10.7. The summed E-state index contributed by atoms with van der Waals surface area (Å²) in [7, 11) is 0. The standard InChI is InChI=1S/C21H21BrN4O2S/c1-3-11-26-19(13-28-17-7-5-4-6-8-17)24-25-21(26)29-14-20(27)23-16-9-10-18(22)15(2)12-16/h3-10,12H,1,11,13-14H2,2H3,(H,23,27). The zero-order valence-corrected chi connectivity index (χ0v) is 18.4. The third-order valence-corrected chi connectivity index (χ3v) is 5.85. The van der Waals surface area contributed by atoms with E-state index in [9.17, 15) is 4.79 Å². The molecule has 2 aromatic carbocycles. The van der Waals surface area contributed by atoms with Gasteiger partial charge < -0.3 is 10.1 Å². The van der Waals surface area contributed by atoms with Gasteiger partial charge in [-0.05, 0) is 42.8 Å². The number of carbonyl (C=O) groups is 1. The lowest BCUT2D eigenvalue weighted by Gasteiger charge is -2.09. The number of carbonyl (C=O) groups excluding carboxylic acids is 1. The van der Waals surface area contributed by atoms with E-state index in [0.29, 0.717) is 17.5 Å². The number of nitrogens with one attached hydrogen (secondary N) is 1. The summed E-state index contributed by atoms with van der Waals surface area (Å²) in [4.78, 5) is 12.3. The molecule has 0 radical (unpaired) electrons. The number of rotatable bonds is 9. The molecule has 0 aliphatic rings. The van der Waals surface area contributed by atoms with Gasteiger partial charge in [-0.1, -0.05) is 52.0 Å². The van der Waals surface area contributed by atoms with Crippen LogP contribution in [0.5, 0.6) is 5.75 Å². The second-order valence-corrected chi connectivity index (χ2v) is 8.00. The first kappa shape index (κ1) is 21.1. The van der Waals surface area contributed by atoms with E-state index in [4.69, 9.17) is 4.74 Å². The second-order valence-electron chi connectivity index (χ2n) is 6.20. The number of hydrogen-bond donors (Lipinski definition) is 1. The van der Waals surface area contributed by atoms with Gasteiger partial charge in [0, 0.05) is 16.7 Å². The van der Waals surface area contributed by atoms with Crippen LogP contribution < -0.4 is 10.1 Å². The molecule has 1 amide bonds. The summed E-state index contributed by atoms with van der Waals surface area (Å²) in [5, 5.41) is 12.0. The van der Waals surface area contributed by atoms with Crippen LogP contribution in [0.4, 0.5) is 5.69 Å². The Labute approximate surface area is 182 Å². The molecule has 0 saturated carbocycles. The predicted octanol–water partition coefficient (Wildman–Crippen LogP) is 4.84. The van der Waals surface area contributed by atoms with Gasteiger partial charge in [0.1, 0.15) is 12.4 Å². The van der Waals surface area contributed by atoms with E-state index in [1.54, 1.807) is 6.08 Å². The summed E-state index contributed by atoms with van der Waals surface area (Å²) < 4.78 is 8.68. The fourth-order valence-electron chi connectivity index (χ4n) is 2.56. The Hall–Kier alpha value is -2.58. The molecule has 29 heavy (non-hydrogen) atoms. The van der Waals surface area contributed by atoms with E-state index in [0.717, 1.165) is 21.5 Å². The number of para-hydroxylation sites is 1. The first-order valence-electron chi connectivity index (χ1n) is 8.96. The van der Waals surface area contributed by atoms with E-state index in [1.807, 2.05) is 60.0 Å². The number of nitrogens with zero attached hydrogens (tertiary/aromatic N) is 3. The Bertz CT molecular complexity index is 992. The number of anilines is 1. The lowest BCUT2D eigenvalue weighted by atomic mass is 10.2. The minimum absolute atomic E-state index is 0.105. The van der Waals surface area contributed by atoms with Crippen molar-refractivity contribution in [2.45, 2.75) is 25.2 Å². The minimum atomic E-state index is -0.105. The summed E-state index contributed by atoms with van der Waals surface area (Å²) >= 11 is 4.79. The van der Waals surface area contributed by atoms with Gasteiger partial charge in [0.05, 0.1) is 5.75 Å². The highest BCUT2D eigenvalue weighted by Crippen LogP contribution is 2.22. The summed E-state index contributed by atoms with van der Waals surface area (Å²) in [6.07, 6.45) is 1.77. The van der Waals surface area contributed by atoms with Gasteiger partial charge in [-0.2, -0.15) is 0 Å². The van der Waals surface area contributed by atoms with Gasteiger partial charge in [-0.25, -0.2) is 0 Å². The maximum absolute atomic E-state index is 12.3. The SMILES string of the molecule is C=CCn1c(COc2ccccc2)nnc1SCC(=O)Nc1ccc(Br)c(C)c1. The molecule has 0 saturated heterocycles. The Balaban J connectivity index is 1.60. The van der Waals surface area contributed by atoms with Crippen LogP contribution in [0.2, 0.25) is 0 Å². The predicted molar refractivity (Wildman–Crippen MR) is 119 cm³/mol. The van der Waals surface area contributed by atoms with Gasteiger partial charge in [-0.3, -0.25) is 9.36 Å². The molecular formula is C21H21BrN4O2S. The molecule has 1 aromatic heterocycles. The average molecular weight is 473 g/mol. The Morgan fingerprint density at radius 2 is 2.07 bits per heavy atom. The normalized spacial score (nSPS) is 10.6. The summed E-state index contributed by atoms with van der Waals surface area (Å²) in [6, 6.07) is 15.2. The van der Waals surface area contributed by atoms with Crippen molar-refractivity contribution < 1.29 is 9.53 Å². The lowest BCUT2D eigenvalue weighted by molar-refractivity contribution is -0.113. The lowest BCUT2D eigenvalue weighted by Crippen LogP contribution is -2.15. The molecule has 1 N–H and O–H groups in total. The van der Waals surface area contributed by atoms with Crippen molar-refractivity contribution in [3.8, 4) is 5.75 Å². The molecule has 0 atom stereocenters. The highest BCUT2D eigenvalue weighted by molar-refractivity contribution is 9.10. The molecule has 6 nitrogen and oxygen atoms in total. The summed E-state index contributed by atoms with van der Waals surface area (Å²) in [5.74, 6) is 1.57. The molecule has 0 aliphatic carbocycles. The number of aryl methyl sites for hydroxylation is 1. The van der Waals surface area contributed by atoms with Crippen LogP contribution in [0, 0.1) is 6.92 Å². The molecule has 1 heterocycles. The van der Waals surface area contributed by atoms with Crippen LogP contribution in [0.3, 0.4) is 0 Å². The molecular weight excluding hydrogens is 452 g/mol. The molecule has 8 heteroatoms. The molecule has 0 bridgehead atoms. The van der Waals surface area contributed by atoms with Gasteiger partial charge in [0.15, 0.2) is 11.0 Å². The third kappa shape index (κ3) is 5.95. The highest BCUT2D eigenvalue weighted by atomic mass is 79.9. The van der Waals surface area contributed by atoms with Crippen LogP contribution in [-0.4, -0.2) is 26.4 Å². The van der Waals surface area contributed by atoms with Crippen molar-refractivity contribution in [2.24, 2.45) is 0 Å². The van der Waals surface area contributed by atoms with Gasteiger partial charge in [0.2, 0.25) is 5.91 Å². The van der Waals surface area contributed by atoms with Crippen LogP contribution in [0.15, 0.2) is 70.8 Å². The van der Waals surface area contributed by atoms with Crippen LogP contribution in [-0.2, 0) is 17.9 Å². The van der Waals surface area contributed by atoms with Crippen molar-refractivity contribution >= 4 is 39.3 Å². The third-order valence-electron chi connectivity index (χ3n) is 3.99. The minimum Gasteiger partial charge on any atom is -0.486 e. The molecule has 3 rings (SSSR count). The number of benzene rings is 2. The largest absolute Gasteiger partial charge is 0.486 e. The maximum atomic E-state index is 12.3. The van der Waals surface area contributed by atoms with E-state index in [2.05, 4.69) is 38.0 Å². The summed E-state index contributed by atoms with van der Waals surface area (Å²) in [5.41, 5.74) is 1.82. The fraction of sp³-hybridized carbons (Fsp3) is 0.190. The van der Waals surface area contributed by atoms with Gasteiger partial charge >= 0.3 is 0 Å². The zero-order valence-electron chi connectivity index (χ0n) is 16.0. The van der Waals surface area contributed by atoms with E-state index in [-0.39, 0.29) is 18.3 Å². The topological polar surface area (TPSA) is 69.0 Å². The van der Waals surface area contributed by atoms with Crippen molar-refractivity contribution in [2.75, 3.05) is 11.1 Å². The van der Waals surface area contributed by atoms with E-state index < -0.39 is 0 Å². The van der Waals surface area contributed by atoms with Crippen molar-refractivity contribution in [1.29, 1.82) is 0 Å². The average Bonchev–Trinajstić information content (AvgIpc) is 3.10. The number of allylic oxidation sites excluding steroid dienone is 1. The van der Waals surface area contributed by atoms with Crippen LogP contribution in [0.1, 0.15) is 11.4 Å². The molecule has 3 aromatic rings. The fourth-order valence-corrected chi connectivity index (χ4v) is 3.57. The smallest absolute Gasteiger partial charge is 0.234 e. The number of thioether (sulfide) groups is 1. The van der Waals surface area contributed by atoms with Crippen LogP contribution in [0.25, 0.3) is 0 Å². The number of aromatic nitrogens is 3.